The van der Waals surface area contributed by atoms with Gasteiger partial charge in [0.15, 0.2) is 0 Å². The Morgan fingerprint density at radius 1 is 1.43 bits per heavy atom. The number of likely N-dealkylation sites (tertiary alicyclic amines) is 1. The molecule has 6 heteroatoms. The van der Waals surface area contributed by atoms with Crippen LogP contribution in [-0.4, -0.2) is 65.4 Å². The second-order valence-corrected chi connectivity index (χ2v) is 7.17. The van der Waals surface area contributed by atoms with Gasteiger partial charge in [0.1, 0.15) is 5.82 Å². The van der Waals surface area contributed by atoms with E-state index in [1.54, 1.807) is 0 Å². The summed E-state index contributed by atoms with van der Waals surface area (Å²) >= 11 is 0. The first kappa shape index (κ1) is 16.5. The van der Waals surface area contributed by atoms with E-state index in [-0.39, 0.29) is 5.91 Å². The van der Waals surface area contributed by atoms with Gasteiger partial charge in [0.2, 0.25) is 5.91 Å². The fourth-order valence-electron chi connectivity index (χ4n) is 3.78. The average molecular weight is 319 g/mol. The highest BCUT2D eigenvalue weighted by atomic mass is 16.2. The first-order valence-electron chi connectivity index (χ1n) is 8.81. The molecule has 6 nitrogen and oxygen atoms in total. The standard InChI is InChI=1S/C17H29N5O/c1-21-8-7-13(11-21)17-19-10-14(20-17)9-18-16(23)12-22(2)15-5-3-4-6-15/h10,13,15H,3-9,11-12H2,1-2H3,(H,18,23)(H,19,20)/t13-/m1/s1. The van der Waals surface area contributed by atoms with Crippen molar-refractivity contribution in [1.29, 1.82) is 0 Å². The van der Waals surface area contributed by atoms with Crippen molar-refractivity contribution in [2.45, 2.75) is 50.6 Å². The first-order chi connectivity index (χ1) is 11.1. The van der Waals surface area contributed by atoms with E-state index in [2.05, 4.69) is 39.2 Å². The smallest absolute Gasteiger partial charge is 0.234 e. The van der Waals surface area contributed by atoms with Gasteiger partial charge in [-0.05, 0) is 39.9 Å². The number of aromatic amines is 1. The van der Waals surface area contributed by atoms with Crippen LogP contribution >= 0.6 is 0 Å². The van der Waals surface area contributed by atoms with E-state index >= 15 is 0 Å². The number of carbonyl (C=O) groups excluding carboxylic acids is 1. The average Bonchev–Trinajstić information content (AvgIpc) is 3.26. The molecule has 1 saturated carbocycles. The normalized spacial score (nSPS) is 23.0. The maximum atomic E-state index is 12.1. The number of aromatic nitrogens is 2. The molecule has 2 N–H and O–H groups in total. The summed E-state index contributed by atoms with van der Waals surface area (Å²) in [5, 5.41) is 3.00. The SMILES string of the molecule is CN1CC[C@@H](c2ncc(CNC(=O)CN(C)C3CCCC3)[nH]2)C1. The highest BCUT2D eigenvalue weighted by Crippen LogP contribution is 2.24. The third-order valence-corrected chi connectivity index (χ3v) is 5.24. The van der Waals surface area contributed by atoms with Gasteiger partial charge in [0, 0.05) is 18.5 Å². The van der Waals surface area contributed by atoms with E-state index in [9.17, 15) is 4.79 Å². The lowest BCUT2D eigenvalue weighted by molar-refractivity contribution is -0.122. The number of nitrogens with one attached hydrogen (secondary N) is 2. The van der Waals surface area contributed by atoms with E-state index in [4.69, 9.17) is 0 Å². The molecule has 1 aromatic heterocycles. The minimum Gasteiger partial charge on any atom is -0.349 e. The minimum absolute atomic E-state index is 0.0937. The van der Waals surface area contributed by atoms with Crippen molar-refractivity contribution in [1.82, 2.24) is 25.1 Å². The summed E-state index contributed by atoms with van der Waals surface area (Å²) in [6.45, 7) is 3.21. The molecule has 1 amide bonds. The zero-order valence-corrected chi connectivity index (χ0v) is 14.3. The van der Waals surface area contributed by atoms with Crippen molar-refractivity contribution < 1.29 is 4.79 Å². The third kappa shape index (κ3) is 4.32. The molecule has 0 aromatic carbocycles. The molecule has 0 radical (unpaired) electrons. The number of likely N-dealkylation sites (N-methyl/N-ethyl adjacent to an activating group) is 2. The number of amides is 1. The summed E-state index contributed by atoms with van der Waals surface area (Å²) in [5.41, 5.74) is 0.992. The second-order valence-electron chi connectivity index (χ2n) is 7.17. The lowest BCUT2D eigenvalue weighted by atomic mass is 10.1. The van der Waals surface area contributed by atoms with Crippen molar-refractivity contribution in [3.05, 3.63) is 17.7 Å². The van der Waals surface area contributed by atoms with E-state index in [1.807, 2.05) is 6.20 Å². The van der Waals surface area contributed by atoms with Gasteiger partial charge in [-0.15, -0.1) is 0 Å². The van der Waals surface area contributed by atoms with Crippen LogP contribution in [0.5, 0.6) is 0 Å². The van der Waals surface area contributed by atoms with Crippen LogP contribution in [0.4, 0.5) is 0 Å². The van der Waals surface area contributed by atoms with Crippen LogP contribution in [0.3, 0.4) is 0 Å². The fourth-order valence-corrected chi connectivity index (χ4v) is 3.78. The van der Waals surface area contributed by atoms with Gasteiger partial charge in [-0.25, -0.2) is 4.98 Å². The number of hydrogen-bond acceptors (Lipinski definition) is 4. The van der Waals surface area contributed by atoms with Gasteiger partial charge in [0.05, 0.1) is 25.0 Å². The zero-order valence-electron chi connectivity index (χ0n) is 14.3. The molecule has 0 bridgehead atoms. The molecule has 1 aliphatic heterocycles. The Morgan fingerprint density at radius 2 is 2.22 bits per heavy atom. The minimum atomic E-state index is 0.0937. The molecule has 1 aromatic rings. The van der Waals surface area contributed by atoms with Crippen LogP contribution in [0, 0.1) is 0 Å². The zero-order chi connectivity index (χ0) is 16.2. The largest absolute Gasteiger partial charge is 0.349 e. The number of H-pyrrole nitrogens is 1. The molecule has 1 aliphatic carbocycles. The molecule has 0 spiro atoms. The van der Waals surface area contributed by atoms with Crippen LogP contribution in [-0.2, 0) is 11.3 Å². The van der Waals surface area contributed by atoms with Gasteiger partial charge in [0.25, 0.3) is 0 Å². The van der Waals surface area contributed by atoms with Gasteiger partial charge < -0.3 is 15.2 Å². The van der Waals surface area contributed by atoms with Crippen molar-refractivity contribution in [3.63, 3.8) is 0 Å². The number of nitrogens with zero attached hydrogens (tertiary/aromatic N) is 3. The number of rotatable bonds is 6. The molecule has 23 heavy (non-hydrogen) atoms. The predicted molar refractivity (Wildman–Crippen MR) is 90.2 cm³/mol. The monoisotopic (exact) mass is 319 g/mol. The van der Waals surface area contributed by atoms with E-state index < -0.39 is 0 Å². The van der Waals surface area contributed by atoms with Crippen LogP contribution in [0.25, 0.3) is 0 Å². The van der Waals surface area contributed by atoms with Crippen molar-refractivity contribution in [3.8, 4) is 0 Å². The molecule has 2 heterocycles. The van der Waals surface area contributed by atoms with Crippen molar-refractivity contribution >= 4 is 5.91 Å². The topological polar surface area (TPSA) is 64.3 Å². The maximum absolute atomic E-state index is 12.1. The van der Waals surface area contributed by atoms with Crippen molar-refractivity contribution in [2.24, 2.45) is 0 Å². The fraction of sp³-hybridized carbons (Fsp3) is 0.765. The van der Waals surface area contributed by atoms with Crippen LogP contribution < -0.4 is 5.32 Å². The lowest BCUT2D eigenvalue weighted by Crippen LogP contribution is -2.39. The third-order valence-electron chi connectivity index (χ3n) is 5.24. The van der Waals surface area contributed by atoms with Gasteiger partial charge in [-0.2, -0.15) is 0 Å². The quantitative estimate of drug-likeness (QED) is 0.830. The summed E-state index contributed by atoms with van der Waals surface area (Å²) in [6, 6.07) is 0.582. The summed E-state index contributed by atoms with van der Waals surface area (Å²) in [7, 11) is 4.20. The molecule has 0 unspecified atom stereocenters. The first-order valence-corrected chi connectivity index (χ1v) is 8.81. The summed E-state index contributed by atoms with van der Waals surface area (Å²) < 4.78 is 0. The number of carbonyl (C=O) groups is 1. The van der Waals surface area contributed by atoms with Crippen LogP contribution in [0.15, 0.2) is 6.20 Å². The lowest BCUT2D eigenvalue weighted by Gasteiger charge is -2.23. The second kappa shape index (κ2) is 7.45. The Balaban J connectivity index is 1.43. The van der Waals surface area contributed by atoms with Gasteiger partial charge in [-0.3, -0.25) is 9.69 Å². The molecule has 128 valence electrons. The van der Waals surface area contributed by atoms with Gasteiger partial charge >= 0.3 is 0 Å². The maximum Gasteiger partial charge on any atom is 0.234 e. The molecule has 1 saturated heterocycles. The van der Waals surface area contributed by atoms with E-state index in [0.29, 0.717) is 25.0 Å². The predicted octanol–water partition coefficient (Wildman–Crippen LogP) is 1.32. The Morgan fingerprint density at radius 3 is 2.91 bits per heavy atom. The summed E-state index contributed by atoms with van der Waals surface area (Å²) in [5.74, 6) is 1.65. The van der Waals surface area contributed by atoms with Gasteiger partial charge in [-0.1, -0.05) is 12.8 Å². The Kier molecular flexibility index (Phi) is 5.33. The number of imidazole rings is 1. The number of hydrogen-bond donors (Lipinski definition) is 2. The molecule has 1 atom stereocenters. The molecular weight excluding hydrogens is 290 g/mol. The molecule has 2 fully saturated rings. The van der Waals surface area contributed by atoms with E-state index in [0.717, 1.165) is 31.0 Å². The van der Waals surface area contributed by atoms with Crippen molar-refractivity contribution in [2.75, 3.05) is 33.7 Å². The molecule has 2 aliphatic rings. The molecular formula is C17H29N5O. The summed E-state index contributed by atoms with van der Waals surface area (Å²) in [4.78, 5) is 24.5. The summed E-state index contributed by atoms with van der Waals surface area (Å²) in [6.07, 6.45) is 8.05. The molecule has 3 rings (SSSR count). The Hall–Kier alpha value is -1.40. The highest BCUT2D eigenvalue weighted by Gasteiger charge is 2.24. The van der Waals surface area contributed by atoms with Crippen LogP contribution in [0.1, 0.15) is 49.5 Å². The van der Waals surface area contributed by atoms with Crippen LogP contribution in [0.2, 0.25) is 0 Å². The van der Waals surface area contributed by atoms with E-state index in [1.165, 1.54) is 25.7 Å². The Labute approximate surface area is 138 Å². The Bertz CT molecular complexity index is 523. The highest BCUT2D eigenvalue weighted by molar-refractivity contribution is 5.77.